The van der Waals surface area contributed by atoms with E-state index in [1.54, 1.807) is 0 Å². The highest BCUT2D eigenvalue weighted by Crippen LogP contribution is 2.20. The van der Waals surface area contributed by atoms with Crippen LogP contribution in [-0.2, 0) is 4.74 Å². The van der Waals surface area contributed by atoms with E-state index < -0.39 is 0 Å². The molecular weight excluding hydrogens is 226 g/mol. The summed E-state index contributed by atoms with van der Waals surface area (Å²) in [6.07, 6.45) is 5.89. The van der Waals surface area contributed by atoms with Crippen molar-refractivity contribution in [1.82, 2.24) is 4.90 Å². The van der Waals surface area contributed by atoms with E-state index in [4.69, 9.17) is 4.74 Å². The first-order valence-corrected chi connectivity index (χ1v) is 7.10. The zero-order valence-electron chi connectivity index (χ0n) is 12.2. The lowest BCUT2D eigenvalue weighted by Gasteiger charge is -2.36. The predicted octanol–water partition coefficient (Wildman–Crippen LogP) is 2.59. The molecule has 18 heavy (non-hydrogen) atoms. The summed E-state index contributed by atoms with van der Waals surface area (Å²) in [7, 11) is 0. The molecule has 0 radical (unpaired) electrons. The third kappa shape index (κ3) is 6.53. The molecule has 1 aliphatic rings. The Kier molecular flexibility index (Phi) is 6.33. The second-order valence-electron chi connectivity index (χ2n) is 6.25. The molecule has 1 atom stereocenters. The highest BCUT2D eigenvalue weighted by Gasteiger charge is 2.24. The summed E-state index contributed by atoms with van der Waals surface area (Å²) >= 11 is 0. The Bertz CT molecular complexity index is 239. The zero-order valence-corrected chi connectivity index (χ0v) is 12.2. The Labute approximate surface area is 112 Å². The van der Waals surface area contributed by atoms with Crippen LogP contribution in [0.4, 0.5) is 0 Å². The predicted molar refractivity (Wildman–Crippen MR) is 75.7 cm³/mol. The summed E-state index contributed by atoms with van der Waals surface area (Å²) in [4.78, 5) is 2.34. The summed E-state index contributed by atoms with van der Waals surface area (Å²) in [5.74, 6) is 0. The number of rotatable bonds is 6. The van der Waals surface area contributed by atoms with Crippen molar-refractivity contribution in [1.29, 1.82) is 0 Å². The molecule has 0 aromatic carbocycles. The molecule has 1 fully saturated rings. The maximum Gasteiger partial charge on any atom is 0.0670 e. The van der Waals surface area contributed by atoms with Gasteiger partial charge in [0.25, 0.3) is 0 Å². The van der Waals surface area contributed by atoms with Crippen LogP contribution in [-0.4, -0.2) is 47.4 Å². The molecule has 3 nitrogen and oxygen atoms in total. The van der Waals surface area contributed by atoms with Crippen molar-refractivity contribution in [3.05, 3.63) is 12.7 Å². The average Bonchev–Trinajstić information content (AvgIpc) is 2.27. The van der Waals surface area contributed by atoms with E-state index >= 15 is 0 Å². The van der Waals surface area contributed by atoms with Gasteiger partial charge in [-0.25, -0.2) is 0 Å². The van der Waals surface area contributed by atoms with E-state index in [1.807, 2.05) is 6.08 Å². The second kappa shape index (κ2) is 7.27. The fraction of sp³-hybridized carbons (Fsp3) is 0.867. The molecule has 0 unspecified atom stereocenters. The van der Waals surface area contributed by atoms with Crippen LogP contribution in [0, 0.1) is 0 Å². The number of likely N-dealkylation sites (tertiary alicyclic amines) is 1. The van der Waals surface area contributed by atoms with E-state index in [0.29, 0.717) is 6.10 Å². The van der Waals surface area contributed by atoms with Crippen LogP contribution in [0.3, 0.4) is 0 Å². The quantitative estimate of drug-likeness (QED) is 0.741. The van der Waals surface area contributed by atoms with Crippen molar-refractivity contribution in [2.45, 2.75) is 64.3 Å². The molecule has 106 valence electrons. The van der Waals surface area contributed by atoms with Crippen molar-refractivity contribution < 1.29 is 9.84 Å². The van der Waals surface area contributed by atoms with Gasteiger partial charge in [-0.15, -0.1) is 6.58 Å². The third-order valence-corrected chi connectivity index (χ3v) is 3.23. The van der Waals surface area contributed by atoms with E-state index in [1.165, 1.54) is 0 Å². The number of aliphatic hydroxyl groups excluding tert-OH is 1. The molecule has 1 heterocycles. The van der Waals surface area contributed by atoms with Gasteiger partial charge in [0, 0.05) is 19.6 Å². The van der Waals surface area contributed by atoms with Gasteiger partial charge in [0.2, 0.25) is 0 Å². The number of nitrogens with zero attached hydrogens (tertiary/aromatic N) is 1. The van der Waals surface area contributed by atoms with Crippen LogP contribution < -0.4 is 0 Å². The van der Waals surface area contributed by atoms with Crippen molar-refractivity contribution >= 4 is 0 Å². The standard InChI is InChI=1S/C15H29NO2/c1-5-6-7-13(17)12-16-10-8-14(9-11-16)18-15(2,3)4/h5,13-14,17H,1,6-12H2,2-4H3/t13-/m0/s1. The highest BCUT2D eigenvalue weighted by molar-refractivity contribution is 4.78. The maximum absolute atomic E-state index is 9.86. The Balaban J connectivity index is 2.20. The first-order valence-electron chi connectivity index (χ1n) is 7.10. The van der Waals surface area contributed by atoms with E-state index in [9.17, 15) is 5.11 Å². The number of β-amino-alcohol motifs (C(OH)–C–C–N with tert-alkyl or cyclic N) is 1. The molecule has 1 N–H and O–H groups in total. The van der Waals surface area contributed by atoms with Gasteiger partial charge in [-0.2, -0.15) is 0 Å². The molecule has 0 aliphatic carbocycles. The minimum absolute atomic E-state index is 0.0453. The molecular formula is C15H29NO2. The lowest BCUT2D eigenvalue weighted by Crippen LogP contribution is -2.42. The average molecular weight is 255 g/mol. The third-order valence-electron chi connectivity index (χ3n) is 3.23. The number of ether oxygens (including phenoxy) is 1. The molecule has 0 aromatic heterocycles. The van der Waals surface area contributed by atoms with Gasteiger partial charge in [0.05, 0.1) is 17.8 Å². The molecule has 0 aromatic rings. The normalized spacial score (nSPS) is 20.9. The minimum atomic E-state index is -0.219. The number of hydrogen-bond acceptors (Lipinski definition) is 3. The summed E-state index contributed by atoms with van der Waals surface area (Å²) in [5.41, 5.74) is -0.0453. The second-order valence-corrected chi connectivity index (χ2v) is 6.25. The van der Waals surface area contributed by atoms with Crippen LogP contribution in [0.5, 0.6) is 0 Å². The van der Waals surface area contributed by atoms with E-state index in [2.05, 4.69) is 32.3 Å². The van der Waals surface area contributed by atoms with Crippen LogP contribution in [0.15, 0.2) is 12.7 Å². The molecule has 0 amide bonds. The SMILES string of the molecule is C=CCC[C@H](O)CN1CCC(OC(C)(C)C)CC1. The molecule has 1 saturated heterocycles. The van der Waals surface area contributed by atoms with Crippen LogP contribution in [0.2, 0.25) is 0 Å². The molecule has 0 bridgehead atoms. The lowest BCUT2D eigenvalue weighted by atomic mass is 10.0. The van der Waals surface area contributed by atoms with Gasteiger partial charge in [0.15, 0.2) is 0 Å². The first kappa shape index (κ1) is 15.7. The Hall–Kier alpha value is -0.380. The topological polar surface area (TPSA) is 32.7 Å². The monoisotopic (exact) mass is 255 g/mol. The number of aliphatic hydroxyl groups is 1. The first-order chi connectivity index (χ1) is 8.40. The van der Waals surface area contributed by atoms with Crippen molar-refractivity contribution in [2.24, 2.45) is 0 Å². The van der Waals surface area contributed by atoms with Gasteiger partial charge < -0.3 is 14.7 Å². The summed E-state index contributed by atoms with van der Waals surface area (Å²) in [5, 5.41) is 9.86. The number of hydrogen-bond donors (Lipinski definition) is 1. The number of allylic oxidation sites excluding steroid dienone is 1. The van der Waals surface area contributed by atoms with E-state index in [0.717, 1.165) is 45.3 Å². The summed E-state index contributed by atoms with van der Waals surface area (Å²) < 4.78 is 5.99. The van der Waals surface area contributed by atoms with Crippen molar-refractivity contribution in [3.63, 3.8) is 0 Å². The fourth-order valence-corrected chi connectivity index (χ4v) is 2.41. The van der Waals surface area contributed by atoms with Gasteiger partial charge >= 0.3 is 0 Å². The minimum Gasteiger partial charge on any atom is -0.392 e. The smallest absolute Gasteiger partial charge is 0.0670 e. The Morgan fingerprint density at radius 2 is 2.00 bits per heavy atom. The molecule has 0 saturated carbocycles. The maximum atomic E-state index is 9.86. The van der Waals surface area contributed by atoms with Crippen LogP contribution in [0.25, 0.3) is 0 Å². The molecule has 1 rings (SSSR count). The van der Waals surface area contributed by atoms with E-state index in [-0.39, 0.29) is 11.7 Å². The van der Waals surface area contributed by atoms with Gasteiger partial charge in [-0.05, 0) is 46.5 Å². The van der Waals surface area contributed by atoms with Crippen molar-refractivity contribution in [2.75, 3.05) is 19.6 Å². The summed E-state index contributed by atoms with van der Waals surface area (Å²) in [6.45, 7) is 12.9. The lowest BCUT2D eigenvalue weighted by molar-refractivity contribution is -0.0844. The van der Waals surface area contributed by atoms with Crippen molar-refractivity contribution in [3.8, 4) is 0 Å². The molecule has 3 heteroatoms. The number of piperidine rings is 1. The van der Waals surface area contributed by atoms with Gasteiger partial charge in [-0.3, -0.25) is 0 Å². The Morgan fingerprint density at radius 1 is 1.39 bits per heavy atom. The largest absolute Gasteiger partial charge is 0.392 e. The van der Waals surface area contributed by atoms with Gasteiger partial charge in [0.1, 0.15) is 0 Å². The van der Waals surface area contributed by atoms with Crippen LogP contribution in [0.1, 0.15) is 46.5 Å². The molecule has 0 spiro atoms. The van der Waals surface area contributed by atoms with Gasteiger partial charge in [-0.1, -0.05) is 6.08 Å². The highest BCUT2D eigenvalue weighted by atomic mass is 16.5. The summed E-state index contributed by atoms with van der Waals surface area (Å²) in [6, 6.07) is 0. The van der Waals surface area contributed by atoms with Crippen LogP contribution >= 0.6 is 0 Å². The fourth-order valence-electron chi connectivity index (χ4n) is 2.41. The molecule has 1 aliphatic heterocycles. The zero-order chi connectivity index (χ0) is 13.6. The Morgan fingerprint density at radius 3 is 2.50 bits per heavy atom.